The maximum Gasteiger partial charge on any atom is 0.254 e. The van der Waals surface area contributed by atoms with Crippen LogP contribution in [0.1, 0.15) is 24.2 Å². The van der Waals surface area contributed by atoms with E-state index in [-0.39, 0.29) is 18.4 Å². The summed E-state index contributed by atoms with van der Waals surface area (Å²) >= 11 is 6.11. The topological polar surface area (TPSA) is 67.2 Å². The standard InChI is InChI=1S/C16H19ClN4O2/c1-3-20(4-2)15(22)10-18-16(23)12-9-19-21(11-12)14-8-6-5-7-13(14)17/h5-9,11H,3-4,10H2,1-2H3,(H,18,23). The van der Waals surface area contributed by atoms with Crippen molar-refractivity contribution in [2.24, 2.45) is 0 Å². The highest BCUT2D eigenvalue weighted by molar-refractivity contribution is 6.32. The highest BCUT2D eigenvalue weighted by Gasteiger charge is 2.14. The van der Waals surface area contributed by atoms with Gasteiger partial charge >= 0.3 is 0 Å². The maximum absolute atomic E-state index is 12.1. The van der Waals surface area contributed by atoms with Crippen LogP contribution >= 0.6 is 11.6 Å². The Morgan fingerprint density at radius 3 is 2.61 bits per heavy atom. The molecule has 1 aromatic heterocycles. The highest BCUT2D eigenvalue weighted by Crippen LogP contribution is 2.19. The molecule has 2 rings (SSSR count). The Morgan fingerprint density at radius 1 is 1.26 bits per heavy atom. The monoisotopic (exact) mass is 334 g/mol. The Balaban J connectivity index is 2.02. The van der Waals surface area contributed by atoms with Crippen LogP contribution in [0.2, 0.25) is 5.02 Å². The molecule has 23 heavy (non-hydrogen) atoms. The zero-order chi connectivity index (χ0) is 16.8. The molecule has 2 amide bonds. The molecule has 0 aliphatic carbocycles. The van der Waals surface area contributed by atoms with Crippen molar-refractivity contribution in [3.05, 3.63) is 47.2 Å². The first-order chi connectivity index (χ1) is 11.1. The molecule has 122 valence electrons. The average Bonchev–Trinajstić information content (AvgIpc) is 3.04. The number of likely N-dealkylation sites (N-methyl/N-ethyl adjacent to an activating group) is 1. The number of rotatable bonds is 6. The molecule has 1 aromatic carbocycles. The Labute approximate surface area is 140 Å². The number of hydrogen-bond acceptors (Lipinski definition) is 3. The van der Waals surface area contributed by atoms with Gasteiger partial charge in [-0.1, -0.05) is 23.7 Å². The normalized spacial score (nSPS) is 10.4. The first-order valence-corrected chi connectivity index (χ1v) is 7.80. The molecule has 2 aromatic rings. The molecular weight excluding hydrogens is 316 g/mol. The van der Waals surface area contributed by atoms with E-state index in [2.05, 4.69) is 10.4 Å². The van der Waals surface area contributed by atoms with Crippen molar-refractivity contribution < 1.29 is 9.59 Å². The fourth-order valence-corrected chi connectivity index (χ4v) is 2.38. The van der Waals surface area contributed by atoms with Crippen LogP contribution in [0.3, 0.4) is 0 Å². The van der Waals surface area contributed by atoms with Crippen molar-refractivity contribution >= 4 is 23.4 Å². The lowest BCUT2D eigenvalue weighted by atomic mass is 10.3. The highest BCUT2D eigenvalue weighted by atomic mass is 35.5. The van der Waals surface area contributed by atoms with E-state index in [9.17, 15) is 9.59 Å². The summed E-state index contributed by atoms with van der Waals surface area (Å²) in [6.45, 7) is 5.01. The molecule has 7 heteroatoms. The lowest BCUT2D eigenvalue weighted by molar-refractivity contribution is -0.129. The molecule has 0 aliphatic heterocycles. The van der Waals surface area contributed by atoms with Crippen LogP contribution < -0.4 is 5.32 Å². The minimum absolute atomic E-state index is 0.0300. The summed E-state index contributed by atoms with van der Waals surface area (Å²) in [7, 11) is 0. The molecule has 0 fully saturated rings. The van der Waals surface area contributed by atoms with Gasteiger partial charge in [-0.15, -0.1) is 0 Å². The van der Waals surface area contributed by atoms with Crippen molar-refractivity contribution in [2.45, 2.75) is 13.8 Å². The summed E-state index contributed by atoms with van der Waals surface area (Å²) in [4.78, 5) is 25.7. The fraction of sp³-hybridized carbons (Fsp3) is 0.312. The summed E-state index contributed by atoms with van der Waals surface area (Å²) in [5.41, 5.74) is 1.06. The molecule has 0 unspecified atom stereocenters. The van der Waals surface area contributed by atoms with E-state index >= 15 is 0 Å². The van der Waals surface area contributed by atoms with Gasteiger partial charge in [0, 0.05) is 19.3 Å². The van der Waals surface area contributed by atoms with Gasteiger partial charge in [-0.25, -0.2) is 4.68 Å². The predicted octanol–water partition coefficient (Wildman–Crippen LogP) is 2.12. The van der Waals surface area contributed by atoms with Crippen LogP contribution in [0.25, 0.3) is 5.69 Å². The van der Waals surface area contributed by atoms with Crippen LogP contribution in [-0.4, -0.2) is 46.1 Å². The van der Waals surface area contributed by atoms with Gasteiger partial charge < -0.3 is 10.2 Å². The van der Waals surface area contributed by atoms with Gasteiger partial charge in [0.2, 0.25) is 5.91 Å². The zero-order valence-electron chi connectivity index (χ0n) is 13.1. The minimum Gasteiger partial charge on any atom is -0.343 e. The Morgan fingerprint density at radius 2 is 1.96 bits per heavy atom. The molecule has 1 heterocycles. The van der Waals surface area contributed by atoms with Gasteiger partial charge in [-0.05, 0) is 26.0 Å². The first kappa shape index (κ1) is 17.0. The van der Waals surface area contributed by atoms with Gasteiger partial charge in [0.25, 0.3) is 5.91 Å². The molecule has 6 nitrogen and oxygen atoms in total. The van der Waals surface area contributed by atoms with Crippen molar-refractivity contribution in [1.29, 1.82) is 0 Å². The smallest absolute Gasteiger partial charge is 0.254 e. The number of nitrogens with one attached hydrogen (secondary N) is 1. The Hall–Kier alpha value is -2.34. The number of aromatic nitrogens is 2. The number of halogens is 1. The van der Waals surface area contributed by atoms with Crippen molar-refractivity contribution in [3.8, 4) is 5.69 Å². The van der Waals surface area contributed by atoms with Gasteiger partial charge in [-0.2, -0.15) is 5.10 Å². The van der Waals surface area contributed by atoms with Gasteiger partial charge in [-0.3, -0.25) is 9.59 Å². The number of amides is 2. The number of carbonyl (C=O) groups excluding carboxylic acids is 2. The number of nitrogens with zero attached hydrogens (tertiary/aromatic N) is 3. The average molecular weight is 335 g/mol. The van der Waals surface area contributed by atoms with E-state index in [0.29, 0.717) is 29.4 Å². The zero-order valence-corrected chi connectivity index (χ0v) is 13.9. The SMILES string of the molecule is CCN(CC)C(=O)CNC(=O)c1cnn(-c2ccccc2Cl)c1. The fourth-order valence-electron chi connectivity index (χ4n) is 2.16. The van der Waals surface area contributed by atoms with E-state index in [1.54, 1.807) is 23.2 Å². The van der Waals surface area contributed by atoms with E-state index in [1.165, 1.54) is 10.9 Å². The maximum atomic E-state index is 12.1. The van der Waals surface area contributed by atoms with Crippen molar-refractivity contribution in [2.75, 3.05) is 19.6 Å². The van der Waals surface area contributed by atoms with E-state index in [4.69, 9.17) is 11.6 Å². The second kappa shape index (κ2) is 7.78. The molecule has 0 saturated carbocycles. The van der Waals surface area contributed by atoms with E-state index in [1.807, 2.05) is 26.0 Å². The van der Waals surface area contributed by atoms with E-state index in [0.717, 1.165) is 0 Å². The quantitative estimate of drug-likeness (QED) is 0.880. The van der Waals surface area contributed by atoms with Crippen LogP contribution in [-0.2, 0) is 4.79 Å². The predicted molar refractivity (Wildman–Crippen MR) is 88.8 cm³/mol. The lowest BCUT2D eigenvalue weighted by Gasteiger charge is -2.18. The Kier molecular flexibility index (Phi) is 5.76. The van der Waals surface area contributed by atoms with Crippen molar-refractivity contribution in [3.63, 3.8) is 0 Å². The number of hydrogen-bond donors (Lipinski definition) is 1. The molecule has 0 atom stereocenters. The molecule has 0 saturated heterocycles. The van der Waals surface area contributed by atoms with Crippen LogP contribution in [0.4, 0.5) is 0 Å². The minimum atomic E-state index is -0.344. The van der Waals surface area contributed by atoms with Crippen LogP contribution in [0.15, 0.2) is 36.7 Å². The summed E-state index contributed by atoms with van der Waals surface area (Å²) in [5, 5.41) is 7.29. The number of para-hydroxylation sites is 1. The molecule has 0 radical (unpaired) electrons. The summed E-state index contributed by atoms with van der Waals surface area (Å²) in [6, 6.07) is 7.22. The third-order valence-electron chi connectivity index (χ3n) is 3.46. The number of carbonyl (C=O) groups is 2. The van der Waals surface area contributed by atoms with Crippen LogP contribution in [0, 0.1) is 0 Å². The van der Waals surface area contributed by atoms with Gasteiger partial charge in [0.1, 0.15) is 0 Å². The van der Waals surface area contributed by atoms with Gasteiger partial charge in [0.05, 0.1) is 29.0 Å². The third kappa shape index (κ3) is 4.10. The van der Waals surface area contributed by atoms with Crippen LogP contribution in [0.5, 0.6) is 0 Å². The second-order valence-corrected chi connectivity index (χ2v) is 5.28. The lowest BCUT2D eigenvalue weighted by Crippen LogP contribution is -2.39. The molecule has 0 bridgehead atoms. The molecular formula is C16H19ClN4O2. The molecule has 1 N–H and O–H groups in total. The second-order valence-electron chi connectivity index (χ2n) is 4.87. The van der Waals surface area contributed by atoms with E-state index < -0.39 is 0 Å². The van der Waals surface area contributed by atoms with Gasteiger partial charge in [0.15, 0.2) is 0 Å². The first-order valence-electron chi connectivity index (χ1n) is 7.42. The number of benzene rings is 1. The molecule has 0 spiro atoms. The largest absolute Gasteiger partial charge is 0.343 e. The molecule has 0 aliphatic rings. The van der Waals surface area contributed by atoms with Crippen molar-refractivity contribution in [1.82, 2.24) is 20.0 Å². The summed E-state index contributed by atoms with van der Waals surface area (Å²) in [5.74, 6) is -0.453. The summed E-state index contributed by atoms with van der Waals surface area (Å²) < 4.78 is 1.53. The Bertz CT molecular complexity index is 695. The third-order valence-corrected chi connectivity index (χ3v) is 3.78. The summed E-state index contributed by atoms with van der Waals surface area (Å²) in [6.07, 6.45) is 3.03.